The fraction of sp³-hybridized carbons (Fsp3) is 0.650. The average molecular weight is 354 g/mol. The molecule has 1 atom stereocenters. The Kier molecular flexibility index (Phi) is 11.1. The molecule has 0 heterocycles. The van der Waals surface area contributed by atoms with E-state index in [-0.39, 0.29) is 17.9 Å². The molecule has 0 aromatic heterocycles. The number of benzene rings is 1. The number of methoxy groups -OCH3 is 1. The van der Waals surface area contributed by atoms with Crippen LogP contribution in [0.4, 0.5) is 0 Å². The van der Waals surface area contributed by atoms with Gasteiger partial charge in [0.1, 0.15) is 24.2 Å². The number of ketones is 1. The first-order valence-electron chi connectivity index (χ1n) is 9.04. The van der Waals surface area contributed by atoms with Gasteiger partial charge >= 0.3 is 0 Å². The van der Waals surface area contributed by atoms with Crippen molar-refractivity contribution in [1.82, 2.24) is 5.32 Å². The van der Waals surface area contributed by atoms with E-state index in [2.05, 4.69) is 5.32 Å². The Labute approximate surface area is 152 Å². The van der Waals surface area contributed by atoms with Crippen molar-refractivity contribution in [3.8, 4) is 11.5 Å². The van der Waals surface area contributed by atoms with Gasteiger partial charge in [-0.05, 0) is 39.3 Å². The smallest absolute Gasteiger partial charge is 0.166 e. The average Bonchev–Trinajstić information content (AvgIpc) is 2.59. The third-order valence-electron chi connectivity index (χ3n) is 3.27. The Morgan fingerprint density at radius 3 is 2.44 bits per heavy atom. The Morgan fingerprint density at radius 2 is 1.92 bits per heavy atom. The van der Waals surface area contributed by atoms with Gasteiger partial charge in [0, 0.05) is 24.6 Å². The predicted octanol–water partition coefficient (Wildman–Crippen LogP) is 3.83. The van der Waals surface area contributed by atoms with Gasteiger partial charge in [0.05, 0.1) is 12.7 Å². The van der Waals surface area contributed by atoms with Gasteiger partial charge in [-0.25, -0.2) is 0 Å². The minimum absolute atomic E-state index is 0.0347. The number of carbonyl (C=O) groups is 1. The summed E-state index contributed by atoms with van der Waals surface area (Å²) in [5, 5.41) is 13.2. The molecule has 0 aliphatic rings. The number of aliphatic hydroxyl groups excluding tert-OH is 1. The number of β-amino-alcohol motifs (C(OH)–C–C–N with tert-alkyl or cyclic N) is 1. The molecule has 25 heavy (non-hydrogen) atoms. The fourth-order valence-electron chi connectivity index (χ4n) is 2.01. The second-order valence-electron chi connectivity index (χ2n) is 6.63. The van der Waals surface area contributed by atoms with Crippen LogP contribution in [0.15, 0.2) is 18.2 Å². The third kappa shape index (κ3) is 9.46. The number of hydrogen-bond acceptors (Lipinski definition) is 5. The van der Waals surface area contributed by atoms with E-state index >= 15 is 0 Å². The van der Waals surface area contributed by atoms with Crippen LogP contribution in [0.1, 0.15) is 64.7 Å². The number of nitrogens with one attached hydrogen (secondary N) is 1. The lowest BCUT2D eigenvalue weighted by atomic mass is 10.1. The van der Waals surface area contributed by atoms with Gasteiger partial charge in [-0.15, -0.1) is 0 Å². The third-order valence-corrected chi connectivity index (χ3v) is 3.27. The Bertz CT molecular complexity index is 509. The van der Waals surface area contributed by atoms with E-state index in [1.807, 2.05) is 41.5 Å². The molecule has 0 fully saturated rings. The van der Waals surface area contributed by atoms with Gasteiger partial charge in [0.2, 0.25) is 0 Å². The maximum Gasteiger partial charge on any atom is 0.166 e. The molecule has 2 N–H and O–H groups in total. The summed E-state index contributed by atoms with van der Waals surface area (Å²) in [7, 11) is 1.56. The van der Waals surface area contributed by atoms with Gasteiger partial charge in [-0.2, -0.15) is 0 Å². The van der Waals surface area contributed by atoms with Crippen molar-refractivity contribution in [3.05, 3.63) is 23.8 Å². The summed E-state index contributed by atoms with van der Waals surface area (Å²) in [6.07, 6.45) is 0.591. The first-order chi connectivity index (χ1) is 11.8. The van der Waals surface area contributed by atoms with E-state index in [1.165, 1.54) is 0 Å². The largest absolute Gasteiger partial charge is 0.497 e. The standard InChI is InChI=1S/C18H29NO4.C2H6/c1-6-7-16(21)15-9-8-14(22-5)10-17(15)23-12-13(20)11-19-18(2,3)4;1-2/h8-10,13,19-20H,6-7,11-12H2,1-5H3;1-2H3. The van der Waals surface area contributed by atoms with Crippen molar-refractivity contribution >= 4 is 5.78 Å². The summed E-state index contributed by atoms with van der Waals surface area (Å²) in [6, 6.07) is 5.14. The number of rotatable bonds is 9. The van der Waals surface area contributed by atoms with Gasteiger partial charge in [0.25, 0.3) is 0 Å². The molecule has 0 spiro atoms. The van der Waals surface area contributed by atoms with Crippen molar-refractivity contribution in [2.24, 2.45) is 0 Å². The van der Waals surface area contributed by atoms with Crippen LogP contribution in [0.5, 0.6) is 11.5 Å². The van der Waals surface area contributed by atoms with Crippen molar-refractivity contribution < 1.29 is 19.4 Å². The van der Waals surface area contributed by atoms with Crippen LogP contribution in [0, 0.1) is 0 Å². The van der Waals surface area contributed by atoms with Crippen LogP contribution in [-0.4, -0.2) is 42.8 Å². The highest BCUT2D eigenvalue weighted by molar-refractivity contribution is 5.98. The molecule has 5 nitrogen and oxygen atoms in total. The number of carbonyl (C=O) groups excluding carboxylic acids is 1. The number of aliphatic hydroxyl groups is 1. The fourth-order valence-corrected chi connectivity index (χ4v) is 2.01. The molecule has 1 aromatic rings. The highest BCUT2D eigenvalue weighted by Crippen LogP contribution is 2.26. The SMILES string of the molecule is CC.CCCC(=O)c1ccc(OC)cc1OCC(O)CNC(C)(C)C. The lowest BCUT2D eigenvalue weighted by Gasteiger charge is -2.23. The molecule has 5 heteroatoms. The molecule has 1 aromatic carbocycles. The first-order valence-corrected chi connectivity index (χ1v) is 9.04. The zero-order chi connectivity index (χ0) is 19.5. The molecule has 1 rings (SSSR count). The van der Waals surface area contributed by atoms with Crippen molar-refractivity contribution in [1.29, 1.82) is 0 Å². The number of Topliss-reactive ketones (excluding diaryl/α,β-unsaturated/α-hetero) is 1. The molecule has 0 aliphatic carbocycles. The van der Waals surface area contributed by atoms with E-state index in [4.69, 9.17) is 9.47 Å². The van der Waals surface area contributed by atoms with Gasteiger partial charge in [-0.1, -0.05) is 20.8 Å². The number of ether oxygens (including phenoxy) is 2. The maximum atomic E-state index is 12.2. The molecule has 0 radical (unpaired) electrons. The van der Waals surface area contributed by atoms with E-state index in [9.17, 15) is 9.90 Å². The second kappa shape index (κ2) is 11.9. The van der Waals surface area contributed by atoms with Crippen LogP contribution < -0.4 is 14.8 Å². The quantitative estimate of drug-likeness (QED) is 0.660. The van der Waals surface area contributed by atoms with Crippen molar-refractivity contribution in [3.63, 3.8) is 0 Å². The topological polar surface area (TPSA) is 67.8 Å². The van der Waals surface area contributed by atoms with E-state index in [0.29, 0.717) is 30.0 Å². The molecular formula is C20H35NO4. The molecular weight excluding hydrogens is 318 g/mol. The Morgan fingerprint density at radius 1 is 1.28 bits per heavy atom. The number of hydrogen-bond donors (Lipinski definition) is 2. The van der Waals surface area contributed by atoms with E-state index in [0.717, 1.165) is 6.42 Å². The predicted molar refractivity (Wildman–Crippen MR) is 103 cm³/mol. The van der Waals surface area contributed by atoms with Gasteiger partial charge in [-0.3, -0.25) is 4.79 Å². The van der Waals surface area contributed by atoms with Crippen molar-refractivity contribution in [2.75, 3.05) is 20.3 Å². The highest BCUT2D eigenvalue weighted by Gasteiger charge is 2.16. The molecule has 0 saturated heterocycles. The molecule has 0 bridgehead atoms. The maximum absolute atomic E-state index is 12.2. The van der Waals surface area contributed by atoms with Crippen LogP contribution in [-0.2, 0) is 0 Å². The molecule has 0 aliphatic heterocycles. The summed E-state index contributed by atoms with van der Waals surface area (Å²) in [5.74, 6) is 1.11. The highest BCUT2D eigenvalue weighted by atomic mass is 16.5. The van der Waals surface area contributed by atoms with Gasteiger partial charge in [0.15, 0.2) is 5.78 Å². The summed E-state index contributed by atoms with van der Waals surface area (Å²) >= 11 is 0. The monoisotopic (exact) mass is 353 g/mol. The Hall–Kier alpha value is -1.59. The molecule has 1 unspecified atom stereocenters. The Balaban J connectivity index is 0.00000277. The van der Waals surface area contributed by atoms with E-state index in [1.54, 1.807) is 25.3 Å². The van der Waals surface area contributed by atoms with Crippen LogP contribution >= 0.6 is 0 Å². The minimum atomic E-state index is -0.658. The van der Waals surface area contributed by atoms with Gasteiger partial charge < -0.3 is 19.9 Å². The van der Waals surface area contributed by atoms with Crippen LogP contribution in [0.3, 0.4) is 0 Å². The summed E-state index contributed by atoms with van der Waals surface area (Å²) < 4.78 is 10.9. The molecule has 0 saturated carbocycles. The normalized spacial score (nSPS) is 12.0. The second-order valence-corrected chi connectivity index (χ2v) is 6.63. The molecule has 0 amide bonds. The van der Waals surface area contributed by atoms with Crippen LogP contribution in [0.2, 0.25) is 0 Å². The van der Waals surface area contributed by atoms with E-state index < -0.39 is 6.10 Å². The minimum Gasteiger partial charge on any atom is -0.497 e. The van der Waals surface area contributed by atoms with Crippen molar-refractivity contribution in [2.45, 2.75) is 66.0 Å². The zero-order valence-corrected chi connectivity index (χ0v) is 16.8. The lowest BCUT2D eigenvalue weighted by Crippen LogP contribution is -2.42. The summed E-state index contributed by atoms with van der Waals surface area (Å²) in [4.78, 5) is 12.2. The zero-order valence-electron chi connectivity index (χ0n) is 16.8. The summed E-state index contributed by atoms with van der Waals surface area (Å²) in [5.41, 5.74) is 0.461. The van der Waals surface area contributed by atoms with Crippen LogP contribution in [0.25, 0.3) is 0 Å². The summed E-state index contributed by atoms with van der Waals surface area (Å²) in [6.45, 7) is 12.6. The molecule has 144 valence electrons. The lowest BCUT2D eigenvalue weighted by molar-refractivity contribution is 0.0932. The first kappa shape index (κ1) is 23.4.